The van der Waals surface area contributed by atoms with E-state index in [1.807, 2.05) is 13.1 Å². The van der Waals surface area contributed by atoms with Crippen molar-refractivity contribution in [3.63, 3.8) is 0 Å². The van der Waals surface area contributed by atoms with Crippen LogP contribution in [0.5, 0.6) is 0 Å². The molecule has 5 rings (SSSR count). The number of alkyl halides is 1. The Labute approximate surface area is 188 Å². The highest BCUT2D eigenvalue weighted by atomic mass is 19.1. The van der Waals surface area contributed by atoms with E-state index in [1.165, 1.54) is 11.1 Å². The number of piperidine rings is 1. The van der Waals surface area contributed by atoms with Gasteiger partial charge in [0.05, 0.1) is 18.0 Å². The fourth-order valence-electron chi connectivity index (χ4n) is 5.29. The average molecular weight is 436 g/mol. The highest BCUT2D eigenvalue weighted by Gasteiger charge is 2.49. The molecular formula is C24H30FN7. The third-order valence-electron chi connectivity index (χ3n) is 7.06. The minimum Gasteiger partial charge on any atom is -0.352 e. The molecule has 0 radical (unpaired) electrons. The highest BCUT2D eigenvalue weighted by molar-refractivity contribution is 5.60. The second-order valence-corrected chi connectivity index (χ2v) is 9.56. The summed E-state index contributed by atoms with van der Waals surface area (Å²) in [6, 6.07) is 8.79. The molecule has 8 heteroatoms. The number of aryl methyl sites for hydroxylation is 1. The smallest absolute Gasteiger partial charge is 0.229 e. The van der Waals surface area contributed by atoms with E-state index in [0.29, 0.717) is 25.2 Å². The Morgan fingerprint density at radius 1 is 1.22 bits per heavy atom. The van der Waals surface area contributed by atoms with Crippen LogP contribution in [-0.4, -0.2) is 64.7 Å². The molecule has 4 heterocycles. The van der Waals surface area contributed by atoms with Gasteiger partial charge in [-0.15, -0.1) is 0 Å². The van der Waals surface area contributed by atoms with Gasteiger partial charge in [-0.2, -0.15) is 10.2 Å². The van der Waals surface area contributed by atoms with Crippen LogP contribution in [0.2, 0.25) is 0 Å². The van der Waals surface area contributed by atoms with Gasteiger partial charge in [-0.05, 0) is 50.1 Å². The van der Waals surface area contributed by atoms with Crippen molar-refractivity contribution in [2.45, 2.75) is 51.0 Å². The quantitative estimate of drug-likeness (QED) is 0.772. The van der Waals surface area contributed by atoms with Crippen LogP contribution in [-0.2, 0) is 13.1 Å². The highest BCUT2D eigenvalue weighted by Crippen LogP contribution is 2.37. The molecular weight excluding hydrogens is 405 g/mol. The predicted molar refractivity (Wildman–Crippen MR) is 123 cm³/mol. The van der Waals surface area contributed by atoms with Gasteiger partial charge in [0, 0.05) is 56.7 Å². The van der Waals surface area contributed by atoms with Crippen LogP contribution >= 0.6 is 0 Å². The molecule has 0 spiro atoms. The van der Waals surface area contributed by atoms with Crippen LogP contribution in [0.3, 0.4) is 0 Å². The van der Waals surface area contributed by atoms with Crippen LogP contribution in [0.4, 0.5) is 21.8 Å². The van der Waals surface area contributed by atoms with Crippen LogP contribution in [0.15, 0.2) is 24.4 Å². The Kier molecular flexibility index (Phi) is 5.48. The van der Waals surface area contributed by atoms with Crippen molar-refractivity contribution < 1.29 is 4.39 Å². The molecule has 2 fully saturated rings. The zero-order valence-electron chi connectivity index (χ0n) is 18.8. The van der Waals surface area contributed by atoms with E-state index in [-0.39, 0.29) is 5.54 Å². The monoisotopic (exact) mass is 435 g/mol. The van der Waals surface area contributed by atoms with Gasteiger partial charge >= 0.3 is 0 Å². The molecule has 7 nitrogen and oxygen atoms in total. The molecule has 0 aliphatic carbocycles. The first-order valence-corrected chi connectivity index (χ1v) is 11.4. The minimum absolute atomic E-state index is 0.202. The molecule has 0 bridgehead atoms. The summed E-state index contributed by atoms with van der Waals surface area (Å²) in [5.74, 6) is 1.48. The number of halogens is 1. The molecule has 2 saturated heterocycles. The maximum atomic E-state index is 13.6. The summed E-state index contributed by atoms with van der Waals surface area (Å²) >= 11 is 0. The van der Waals surface area contributed by atoms with Gasteiger partial charge in [-0.3, -0.25) is 9.80 Å². The maximum Gasteiger partial charge on any atom is 0.229 e. The number of fused-ring (bicyclic) bond motifs is 1. The Balaban J connectivity index is 1.31. The van der Waals surface area contributed by atoms with E-state index in [1.54, 1.807) is 0 Å². The first-order chi connectivity index (χ1) is 15.5. The molecule has 2 aromatic rings. The molecule has 0 atom stereocenters. The van der Waals surface area contributed by atoms with Crippen molar-refractivity contribution in [2.24, 2.45) is 0 Å². The number of hydrogen-bond donors (Lipinski definition) is 1. The van der Waals surface area contributed by atoms with E-state index in [9.17, 15) is 9.65 Å². The fraction of sp³-hybridized carbons (Fsp3) is 0.542. The lowest BCUT2D eigenvalue weighted by Gasteiger charge is -2.56. The topological polar surface area (TPSA) is 71.3 Å². The van der Waals surface area contributed by atoms with Gasteiger partial charge in [0.25, 0.3) is 0 Å². The summed E-state index contributed by atoms with van der Waals surface area (Å²) in [5.41, 5.74) is 4.51. The lowest BCUT2D eigenvalue weighted by Crippen LogP contribution is -2.71. The standard InChI is InChI=1S/C24H30FN7/c1-17-12-27-23(28-21-4-3-18-13-30(2)14-19(18)11-21)29-22(17)31-15-24(16-31,7-8-26)32-9-5-20(25)6-10-32/h3-4,11-12,20H,5-7,9-10,13-16H2,1-2H3,(H,27,28,29). The van der Waals surface area contributed by atoms with E-state index in [0.717, 1.165) is 56.3 Å². The van der Waals surface area contributed by atoms with Gasteiger partial charge in [0.15, 0.2) is 0 Å². The molecule has 0 saturated carbocycles. The van der Waals surface area contributed by atoms with E-state index < -0.39 is 6.17 Å². The van der Waals surface area contributed by atoms with Crippen LogP contribution < -0.4 is 10.2 Å². The summed E-state index contributed by atoms with van der Waals surface area (Å²) in [5, 5.41) is 12.8. The Morgan fingerprint density at radius 3 is 2.72 bits per heavy atom. The number of anilines is 3. The van der Waals surface area contributed by atoms with Crippen molar-refractivity contribution in [1.82, 2.24) is 19.8 Å². The van der Waals surface area contributed by atoms with Crippen molar-refractivity contribution in [3.8, 4) is 6.07 Å². The second kappa shape index (κ2) is 8.30. The second-order valence-electron chi connectivity index (χ2n) is 9.56. The number of nitrogens with zero attached hydrogens (tertiary/aromatic N) is 6. The number of rotatable bonds is 5. The average Bonchev–Trinajstić information content (AvgIpc) is 3.12. The van der Waals surface area contributed by atoms with Crippen LogP contribution in [0.1, 0.15) is 36.0 Å². The van der Waals surface area contributed by atoms with Gasteiger partial charge in [0.2, 0.25) is 5.95 Å². The fourth-order valence-corrected chi connectivity index (χ4v) is 5.29. The van der Waals surface area contributed by atoms with Crippen molar-refractivity contribution >= 4 is 17.5 Å². The summed E-state index contributed by atoms with van der Waals surface area (Å²) in [4.78, 5) is 16.1. The first-order valence-electron chi connectivity index (χ1n) is 11.4. The Hall–Kier alpha value is -2.76. The number of likely N-dealkylation sites (tertiary alicyclic amines) is 1. The lowest BCUT2D eigenvalue weighted by atomic mass is 9.83. The van der Waals surface area contributed by atoms with E-state index >= 15 is 0 Å². The van der Waals surface area contributed by atoms with Crippen molar-refractivity contribution in [3.05, 3.63) is 41.1 Å². The molecule has 168 valence electrons. The molecule has 3 aliphatic heterocycles. The summed E-state index contributed by atoms with van der Waals surface area (Å²) in [7, 11) is 2.13. The first kappa shape index (κ1) is 21.1. The molecule has 1 aromatic heterocycles. The van der Waals surface area contributed by atoms with Crippen molar-refractivity contribution in [1.29, 1.82) is 5.26 Å². The number of aromatic nitrogens is 2. The minimum atomic E-state index is -0.709. The largest absolute Gasteiger partial charge is 0.352 e. The normalized spacial score (nSPS) is 21.1. The van der Waals surface area contributed by atoms with Crippen LogP contribution in [0.25, 0.3) is 0 Å². The number of benzene rings is 1. The van der Waals surface area contributed by atoms with Gasteiger partial charge in [-0.25, -0.2) is 9.37 Å². The number of nitrogens with one attached hydrogen (secondary N) is 1. The maximum absolute atomic E-state index is 13.6. The molecule has 3 aliphatic rings. The van der Waals surface area contributed by atoms with Crippen molar-refractivity contribution in [2.75, 3.05) is 43.4 Å². The molecule has 32 heavy (non-hydrogen) atoms. The molecule has 1 N–H and O–H groups in total. The van der Waals surface area contributed by atoms with Crippen LogP contribution in [0, 0.1) is 18.3 Å². The Bertz CT molecular complexity index is 1040. The number of hydrogen-bond acceptors (Lipinski definition) is 7. The van der Waals surface area contributed by atoms with E-state index in [2.05, 4.69) is 56.3 Å². The third kappa shape index (κ3) is 3.91. The van der Waals surface area contributed by atoms with E-state index in [4.69, 9.17) is 4.98 Å². The summed E-state index contributed by atoms with van der Waals surface area (Å²) < 4.78 is 13.6. The third-order valence-corrected chi connectivity index (χ3v) is 7.06. The van der Waals surface area contributed by atoms with Gasteiger partial charge in [0.1, 0.15) is 12.0 Å². The molecule has 0 unspecified atom stereocenters. The zero-order chi connectivity index (χ0) is 22.3. The SMILES string of the molecule is Cc1cnc(Nc2ccc3c(c2)CN(C)C3)nc1N1CC(CC#N)(N2CCC(F)CC2)C1. The zero-order valence-corrected chi connectivity index (χ0v) is 18.8. The van der Waals surface area contributed by atoms with Gasteiger partial charge < -0.3 is 10.2 Å². The predicted octanol–water partition coefficient (Wildman–Crippen LogP) is 3.38. The summed E-state index contributed by atoms with van der Waals surface area (Å²) in [6.07, 6.45) is 2.72. The van der Waals surface area contributed by atoms with Gasteiger partial charge in [-0.1, -0.05) is 6.07 Å². The lowest BCUT2D eigenvalue weighted by molar-refractivity contribution is 0.0227. The Morgan fingerprint density at radius 2 is 1.97 bits per heavy atom. The molecule has 1 aromatic carbocycles. The number of nitriles is 1. The summed E-state index contributed by atoms with van der Waals surface area (Å²) in [6.45, 7) is 6.88. The molecule has 0 amide bonds.